The Morgan fingerprint density at radius 2 is 1.96 bits per heavy atom. The molecular formula is C16H24N2O5. The summed E-state index contributed by atoms with van der Waals surface area (Å²) < 4.78 is 11.4. The van der Waals surface area contributed by atoms with E-state index in [0.717, 1.165) is 4.68 Å². The number of esters is 1. The van der Waals surface area contributed by atoms with Gasteiger partial charge in [-0.1, -0.05) is 27.7 Å². The number of carbonyl (C=O) groups is 2. The van der Waals surface area contributed by atoms with Crippen LogP contribution in [0.3, 0.4) is 0 Å². The fourth-order valence-corrected chi connectivity index (χ4v) is 1.91. The third kappa shape index (κ3) is 4.91. The summed E-state index contributed by atoms with van der Waals surface area (Å²) in [6, 6.07) is 0. The molecule has 0 unspecified atom stereocenters. The van der Waals surface area contributed by atoms with Crippen molar-refractivity contribution in [3.63, 3.8) is 0 Å². The maximum atomic E-state index is 12.4. The first-order valence-corrected chi connectivity index (χ1v) is 7.70. The van der Waals surface area contributed by atoms with E-state index in [0.29, 0.717) is 18.6 Å². The lowest BCUT2D eigenvalue weighted by Gasteiger charge is -2.17. The number of ether oxygens (including phenoxy) is 2. The van der Waals surface area contributed by atoms with E-state index in [9.17, 15) is 14.4 Å². The minimum absolute atomic E-state index is 0.0788. The lowest BCUT2D eigenvalue weighted by atomic mass is 10.1. The summed E-state index contributed by atoms with van der Waals surface area (Å²) in [6.45, 7) is 9.59. The summed E-state index contributed by atoms with van der Waals surface area (Å²) in [6.07, 6.45) is 0.452. The maximum Gasteiger partial charge on any atom is 0.327 e. The number of carbonyl (C=O) groups excluding carboxylic acids is 2. The molecule has 1 aromatic heterocycles. The van der Waals surface area contributed by atoms with Crippen LogP contribution in [0.1, 0.15) is 56.6 Å². The summed E-state index contributed by atoms with van der Waals surface area (Å²) in [5.74, 6) is -0.223. The standard InChI is InChI=1S/C16H24N2O5/c1-6-22-13(20)7-18-16(21)12(8-19)15(23-9-10(2)3)14(17-18)11(4)5/h8,10-11H,6-7,9H2,1-5H3. The Hall–Kier alpha value is -2.18. The van der Waals surface area contributed by atoms with Crippen LogP contribution < -0.4 is 10.3 Å². The predicted molar refractivity (Wildman–Crippen MR) is 84.9 cm³/mol. The first kappa shape index (κ1) is 18.9. The second-order valence-corrected chi connectivity index (χ2v) is 5.87. The highest BCUT2D eigenvalue weighted by molar-refractivity contribution is 5.79. The lowest BCUT2D eigenvalue weighted by molar-refractivity contribution is -0.144. The number of aromatic nitrogens is 2. The second kappa shape index (κ2) is 8.45. The van der Waals surface area contributed by atoms with Gasteiger partial charge < -0.3 is 9.47 Å². The van der Waals surface area contributed by atoms with Crippen molar-refractivity contribution in [2.24, 2.45) is 5.92 Å². The highest BCUT2D eigenvalue weighted by atomic mass is 16.5. The quantitative estimate of drug-likeness (QED) is 0.535. The number of hydrogen-bond acceptors (Lipinski definition) is 6. The first-order valence-electron chi connectivity index (χ1n) is 7.70. The molecule has 0 fully saturated rings. The second-order valence-electron chi connectivity index (χ2n) is 5.87. The topological polar surface area (TPSA) is 87.5 Å². The lowest BCUT2D eigenvalue weighted by Crippen LogP contribution is -2.32. The maximum absolute atomic E-state index is 12.4. The average molecular weight is 324 g/mol. The average Bonchev–Trinajstić information content (AvgIpc) is 2.47. The Kier molecular flexibility index (Phi) is 6.93. The zero-order chi connectivity index (χ0) is 17.6. The zero-order valence-electron chi connectivity index (χ0n) is 14.3. The molecule has 23 heavy (non-hydrogen) atoms. The fraction of sp³-hybridized carbons (Fsp3) is 0.625. The largest absolute Gasteiger partial charge is 0.490 e. The van der Waals surface area contributed by atoms with Crippen LogP contribution in [0.2, 0.25) is 0 Å². The number of hydrogen-bond donors (Lipinski definition) is 0. The Balaban J connectivity index is 3.36. The molecule has 0 atom stereocenters. The van der Waals surface area contributed by atoms with Crippen LogP contribution in [-0.2, 0) is 16.1 Å². The van der Waals surface area contributed by atoms with Crippen LogP contribution in [0.4, 0.5) is 0 Å². The van der Waals surface area contributed by atoms with Crippen molar-refractivity contribution < 1.29 is 19.1 Å². The van der Waals surface area contributed by atoms with Crippen LogP contribution >= 0.6 is 0 Å². The molecule has 0 aromatic carbocycles. The van der Waals surface area contributed by atoms with E-state index in [4.69, 9.17) is 9.47 Å². The molecule has 0 aliphatic carbocycles. The summed E-state index contributed by atoms with van der Waals surface area (Å²) >= 11 is 0. The van der Waals surface area contributed by atoms with Gasteiger partial charge in [-0.2, -0.15) is 5.10 Å². The molecular weight excluding hydrogens is 300 g/mol. The summed E-state index contributed by atoms with van der Waals surface area (Å²) in [7, 11) is 0. The van der Waals surface area contributed by atoms with Gasteiger partial charge in [0.15, 0.2) is 12.0 Å². The van der Waals surface area contributed by atoms with E-state index in [1.165, 1.54) is 0 Å². The van der Waals surface area contributed by atoms with Crippen LogP contribution in [0.25, 0.3) is 0 Å². The Bertz CT molecular complexity index is 620. The fourth-order valence-electron chi connectivity index (χ4n) is 1.91. The third-order valence-corrected chi connectivity index (χ3v) is 2.98. The van der Waals surface area contributed by atoms with Crippen molar-refractivity contribution >= 4 is 12.3 Å². The molecule has 0 bridgehead atoms. The van der Waals surface area contributed by atoms with Gasteiger partial charge in [0.2, 0.25) is 0 Å². The van der Waals surface area contributed by atoms with E-state index in [-0.39, 0.29) is 36.3 Å². The van der Waals surface area contributed by atoms with E-state index < -0.39 is 11.5 Å². The van der Waals surface area contributed by atoms with Crippen molar-refractivity contribution in [2.75, 3.05) is 13.2 Å². The van der Waals surface area contributed by atoms with Gasteiger partial charge in [0, 0.05) is 5.92 Å². The van der Waals surface area contributed by atoms with Gasteiger partial charge in [-0.15, -0.1) is 0 Å². The summed E-state index contributed by atoms with van der Waals surface area (Å²) in [5.41, 5.74) is -0.304. The molecule has 0 radical (unpaired) electrons. The molecule has 0 spiro atoms. The predicted octanol–water partition coefficient (Wildman–Crippen LogP) is 1.78. The Morgan fingerprint density at radius 3 is 2.43 bits per heavy atom. The van der Waals surface area contributed by atoms with Crippen molar-refractivity contribution in [1.82, 2.24) is 9.78 Å². The van der Waals surface area contributed by atoms with Gasteiger partial charge in [-0.25, -0.2) is 4.68 Å². The van der Waals surface area contributed by atoms with E-state index in [2.05, 4.69) is 5.10 Å². The first-order chi connectivity index (χ1) is 10.8. The molecule has 0 amide bonds. The molecule has 1 aromatic rings. The van der Waals surface area contributed by atoms with Gasteiger partial charge in [0.1, 0.15) is 17.8 Å². The number of nitrogens with zero attached hydrogens (tertiary/aromatic N) is 2. The van der Waals surface area contributed by atoms with Crippen molar-refractivity contribution in [1.29, 1.82) is 0 Å². The van der Waals surface area contributed by atoms with E-state index in [1.54, 1.807) is 6.92 Å². The van der Waals surface area contributed by atoms with E-state index >= 15 is 0 Å². The molecule has 0 aliphatic heterocycles. The molecule has 0 aliphatic rings. The van der Waals surface area contributed by atoms with Crippen LogP contribution in [0, 0.1) is 5.92 Å². The molecule has 7 heteroatoms. The Morgan fingerprint density at radius 1 is 1.30 bits per heavy atom. The molecule has 7 nitrogen and oxygen atoms in total. The van der Waals surface area contributed by atoms with Gasteiger partial charge >= 0.3 is 5.97 Å². The van der Waals surface area contributed by atoms with Gasteiger partial charge in [-0.3, -0.25) is 14.4 Å². The summed E-state index contributed by atoms with van der Waals surface area (Å²) in [4.78, 5) is 35.4. The van der Waals surface area contributed by atoms with Crippen LogP contribution in [0.5, 0.6) is 5.75 Å². The zero-order valence-corrected chi connectivity index (χ0v) is 14.3. The molecule has 128 valence electrons. The van der Waals surface area contributed by atoms with Crippen molar-refractivity contribution in [2.45, 2.75) is 47.1 Å². The highest BCUT2D eigenvalue weighted by Crippen LogP contribution is 2.25. The monoisotopic (exact) mass is 324 g/mol. The summed E-state index contributed by atoms with van der Waals surface area (Å²) in [5, 5.41) is 4.20. The minimum atomic E-state index is -0.656. The number of aldehydes is 1. The van der Waals surface area contributed by atoms with Crippen molar-refractivity contribution in [3.8, 4) is 5.75 Å². The van der Waals surface area contributed by atoms with Gasteiger partial charge in [0.25, 0.3) is 5.56 Å². The molecule has 0 N–H and O–H groups in total. The third-order valence-electron chi connectivity index (χ3n) is 2.98. The Labute approximate surface area is 135 Å². The van der Waals surface area contributed by atoms with Crippen molar-refractivity contribution in [3.05, 3.63) is 21.6 Å². The van der Waals surface area contributed by atoms with Crippen LogP contribution in [0.15, 0.2) is 4.79 Å². The molecule has 1 rings (SSSR count). The normalized spacial score (nSPS) is 10.9. The van der Waals surface area contributed by atoms with Gasteiger partial charge in [0.05, 0.1) is 13.2 Å². The SMILES string of the molecule is CCOC(=O)Cn1nc(C(C)C)c(OCC(C)C)c(C=O)c1=O. The number of rotatable bonds is 8. The van der Waals surface area contributed by atoms with Crippen LogP contribution in [-0.4, -0.2) is 35.2 Å². The highest BCUT2D eigenvalue weighted by Gasteiger charge is 2.22. The molecule has 1 heterocycles. The minimum Gasteiger partial charge on any atom is -0.490 e. The molecule has 0 saturated carbocycles. The van der Waals surface area contributed by atoms with E-state index in [1.807, 2.05) is 27.7 Å². The smallest absolute Gasteiger partial charge is 0.327 e. The molecule has 0 saturated heterocycles. The van der Waals surface area contributed by atoms with Gasteiger partial charge in [-0.05, 0) is 12.8 Å².